The Hall–Kier alpha value is -0.330. The number of thioether (sulfide) groups is 2. The summed E-state index contributed by atoms with van der Waals surface area (Å²) in [6.45, 7) is 0. The SMILES string of the molecule is CS(=O)(=O)Oc1ccc(SCSC2CCCCC2)cc1. The van der Waals surface area contributed by atoms with Gasteiger partial charge < -0.3 is 4.18 Å². The zero-order chi connectivity index (χ0) is 14.4. The van der Waals surface area contributed by atoms with E-state index in [0.29, 0.717) is 5.75 Å². The molecule has 0 N–H and O–H groups in total. The topological polar surface area (TPSA) is 43.4 Å². The Balaban J connectivity index is 1.76. The fraction of sp³-hybridized carbons (Fsp3) is 0.571. The molecule has 0 unspecified atom stereocenters. The van der Waals surface area contributed by atoms with Crippen LogP contribution in [0.5, 0.6) is 5.75 Å². The highest BCUT2D eigenvalue weighted by atomic mass is 32.2. The Morgan fingerprint density at radius 2 is 1.80 bits per heavy atom. The lowest BCUT2D eigenvalue weighted by molar-refractivity contribution is 0.493. The van der Waals surface area contributed by atoms with Gasteiger partial charge in [-0.3, -0.25) is 0 Å². The molecule has 0 heterocycles. The first-order valence-corrected chi connectivity index (χ1v) is 10.6. The Morgan fingerprint density at radius 3 is 2.40 bits per heavy atom. The molecule has 0 radical (unpaired) electrons. The normalized spacial score (nSPS) is 17.1. The van der Waals surface area contributed by atoms with Gasteiger partial charge in [0, 0.05) is 15.2 Å². The first kappa shape index (κ1) is 16.0. The fourth-order valence-corrected chi connectivity index (χ4v) is 5.24. The van der Waals surface area contributed by atoms with Crippen molar-refractivity contribution in [2.24, 2.45) is 0 Å². The number of hydrogen-bond acceptors (Lipinski definition) is 5. The van der Waals surface area contributed by atoms with Crippen LogP contribution in [0.4, 0.5) is 0 Å². The Kier molecular flexibility index (Phi) is 6.11. The maximum atomic E-state index is 11.0. The van der Waals surface area contributed by atoms with Gasteiger partial charge in [-0.2, -0.15) is 8.42 Å². The molecule has 1 aliphatic carbocycles. The van der Waals surface area contributed by atoms with Gasteiger partial charge in [-0.1, -0.05) is 19.3 Å². The summed E-state index contributed by atoms with van der Waals surface area (Å²) < 4.78 is 26.8. The summed E-state index contributed by atoms with van der Waals surface area (Å²) >= 11 is 3.84. The molecule has 1 fully saturated rings. The van der Waals surface area contributed by atoms with Crippen LogP contribution in [0.2, 0.25) is 0 Å². The lowest BCUT2D eigenvalue weighted by Gasteiger charge is -2.20. The van der Waals surface area contributed by atoms with Crippen LogP contribution < -0.4 is 4.18 Å². The lowest BCUT2D eigenvalue weighted by atomic mass is 10.0. The van der Waals surface area contributed by atoms with Gasteiger partial charge in [-0.25, -0.2) is 0 Å². The van der Waals surface area contributed by atoms with Gasteiger partial charge in [-0.05, 0) is 37.1 Å². The molecular weight excluding hydrogens is 312 g/mol. The third-order valence-electron chi connectivity index (χ3n) is 3.15. The van der Waals surface area contributed by atoms with E-state index in [1.807, 2.05) is 23.9 Å². The lowest BCUT2D eigenvalue weighted by Crippen LogP contribution is -2.07. The molecule has 0 bridgehead atoms. The molecule has 1 aliphatic rings. The van der Waals surface area contributed by atoms with E-state index in [4.69, 9.17) is 4.18 Å². The van der Waals surface area contributed by atoms with Gasteiger partial charge in [0.2, 0.25) is 0 Å². The van der Waals surface area contributed by atoms with Crippen LogP contribution in [0.3, 0.4) is 0 Å². The second-order valence-corrected chi connectivity index (χ2v) is 9.23. The molecule has 0 atom stereocenters. The highest BCUT2D eigenvalue weighted by Gasteiger charge is 2.13. The standard InChI is InChI=1S/C14H20O3S3/c1-20(15,16)17-12-7-9-14(10-8-12)19-11-18-13-5-3-2-4-6-13/h7-10,13H,2-6,11H2,1H3. The molecule has 1 saturated carbocycles. The van der Waals surface area contributed by atoms with Crippen molar-refractivity contribution in [1.29, 1.82) is 0 Å². The van der Waals surface area contributed by atoms with E-state index in [1.54, 1.807) is 23.9 Å². The second-order valence-electron chi connectivity index (χ2n) is 4.95. The van der Waals surface area contributed by atoms with Crippen molar-refractivity contribution in [1.82, 2.24) is 0 Å². The van der Waals surface area contributed by atoms with Crippen LogP contribution in [0.25, 0.3) is 0 Å². The molecule has 3 nitrogen and oxygen atoms in total. The molecule has 0 saturated heterocycles. The van der Waals surface area contributed by atoms with E-state index >= 15 is 0 Å². The van der Waals surface area contributed by atoms with Crippen molar-refractivity contribution < 1.29 is 12.6 Å². The van der Waals surface area contributed by atoms with Crippen LogP contribution in [-0.2, 0) is 10.1 Å². The summed E-state index contributed by atoms with van der Waals surface area (Å²) in [7, 11) is -3.43. The minimum Gasteiger partial charge on any atom is -0.383 e. The molecule has 0 aromatic heterocycles. The van der Waals surface area contributed by atoms with Crippen molar-refractivity contribution in [2.45, 2.75) is 42.2 Å². The molecule has 6 heteroatoms. The summed E-state index contributed by atoms with van der Waals surface area (Å²) in [4.78, 5) is 1.15. The molecule has 2 rings (SSSR count). The third-order valence-corrected chi connectivity index (χ3v) is 6.21. The van der Waals surface area contributed by atoms with E-state index in [2.05, 4.69) is 0 Å². The van der Waals surface area contributed by atoms with Crippen LogP contribution in [0.15, 0.2) is 29.2 Å². The molecule has 112 valence electrons. The average Bonchev–Trinajstić information content (AvgIpc) is 2.40. The largest absolute Gasteiger partial charge is 0.383 e. The average molecular weight is 333 g/mol. The maximum absolute atomic E-state index is 11.0. The Morgan fingerprint density at radius 1 is 1.15 bits per heavy atom. The molecule has 1 aromatic rings. The zero-order valence-corrected chi connectivity index (χ0v) is 14.0. The van der Waals surface area contributed by atoms with Gasteiger partial charge in [-0.15, -0.1) is 23.5 Å². The summed E-state index contributed by atoms with van der Waals surface area (Å²) in [5.41, 5.74) is 0. The van der Waals surface area contributed by atoms with Crippen LogP contribution in [0.1, 0.15) is 32.1 Å². The van der Waals surface area contributed by atoms with E-state index in [9.17, 15) is 8.42 Å². The van der Waals surface area contributed by atoms with Crippen molar-refractivity contribution in [3.05, 3.63) is 24.3 Å². The zero-order valence-electron chi connectivity index (χ0n) is 11.6. The van der Waals surface area contributed by atoms with E-state index in [-0.39, 0.29) is 0 Å². The van der Waals surface area contributed by atoms with Gasteiger partial charge >= 0.3 is 10.1 Å². The van der Waals surface area contributed by atoms with E-state index in [1.165, 1.54) is 32.1 Å². The van der Waals surface area contributed by atoms with Crippen molar-refractivity contribution in [3.63, 3.8) is 0 Å². The van der Waals surface area contributed by atoms with Gasteiger partial charge in [0.05, 0.1) is 6.26 Å². The third kappa shape index (κ3) is 5.97. The summed E-state index contributed by atoms with van der Waals surface area (Å²) in [6, 6.07) is 7.22. The predicted molar refractivity (Wildman–Crippen MR) is 87.1 cm³/mol. The molecule has 0 spiro atoms. The first-order chi connectivity index (χ1) is 9.53. The van der Waals surface area contributed by atoms with Crippen LogP contribution >= 0.6 is 23.5 Å². The first-order valence-electron chi connectivity index (χ1n) is 6.77. The van der Waals surface area contributed by atoms with Gasteiger partial charge in [0.15, 0.2) is 0 Å². The van der Waals surface area contributed by atoms with E-state index in [0.717, 1.165) is 21.5 Å². The quantitative estimate of drug-likeness (QED) is 0.445. The molecule has 0 aliphatic heterocycles. The summed E-state index contributed by atoms with van der Waals surface area (Å²) in [5, 5.41) is 1.88. The van der Waals surface area contributed by atoms with Crippen LogP contribution in [0, 0.1) is 0 Å². The molecule has 0 amide bonds. The minimum absolute atomic E-state index is 0.372. The van der Waals surface area contributed by atoms with E-state index < -0.39 is 10.1 Å². The maximum Gasteiger partial charge on any atom is 0.306 e. The van der Waals surface area contributed by atoms with Crippen molar-refractivity contribution in [3.8, 4) is 5.75 Å². The second kappa shape index (κ2) is 7.61. The number of rotatable bonds is 6. The molecule has 1 aromatic carbocycles. The Bertz CT molecular complexity index is 505. The number of benzene rings is 1. The van der Waals surface area contributed by atoms with Crippen molar-refractivity contribution in [2.75, 3.05) is 11.3 Å². The highest BCUT2D eigenvalue weighted by molar-refractivity contribution is 8.16. The monoisotopic (exact) mass is 332 g/mol. The van der Waals surface area contributed by atoms with Crippen LogP contribution in [-0.4, -0.2) is 25.0 Å². The smallest absolute Gasteiger partial charge is 0.306 e. The minimum atomic E-state index is -3.43. The summed E-state index contributed by atoms with van der Waals surface area (Å²) in [5.74, 6) is 0.372. The fourth-order valence-electron chi connectivity index (χ4n) is 2.20. The molecule has 20 heavy (non-hydrogen) atoms. The predicted octanol–water partition coefficient (Wildman–Crippen LogP) is 4.14. The Labute approximate surface area is 130 Å². The summed E-state index contributed by atoms with van der Waals surface area (Å²) in [6.07, 6.45) is 7.90. The van der Waals surface area contributed by atoms with Gasteiger partial charge in [0.1, 0.15) is 5.75 Å². The van der Waals surface area contributed by atoms with Crippen molar-refractivity contribution >= 4 is 33.6 Å². The molecular formula is C14H20O3S3. The highest BCUT2D eigenvalue weighted by Crippen LogP contribution is 2.33. The number of hydrogen-bond donors (Lipinski definition) is 0. The van der Waals surface area contributed by atoms with Gasteiger partial charge in [0.25, 0.3) is 0 Å².